The number of hydrogen-bond donors (Lipinski definition) is 0. The molecular weight excluding hydrogens is 324 g/mol. The molecule has 0 unspecified atom stereocenters. The fraction of sp³-hybridized carbons (Fsp3) is 0.438. The van der Waals surface area contributed by atoms with Crippen LogP contribution in [0.4, 0.5) is 5.82 Å². The molecule has 9 nitrogen and oxygen atoms in total. The Kier molecular flexibility index (Phi) is 4.92. The fourth-order valence-electron chi connectivity index (χ4n) is 2.58. The van der Waals surface area contributed by atoms with E-state index in [1.165, 1.54) is 9.80 Å². The highest BCUT2D eigenvalue weighted by atomic mass is 16.5. The molecule has 0 radical (unpaired) electrons. The summed E-state index contributed by atoms with van der Waals surface area (Å²) >= 11 is 0. The Morgan fingerprint density at radius 3 is 3.08 bits per heavy atom. The zero-order chi connectivity index (χ0) is 17.8. The van der Waals surface area contributed by atoms with E-state index in [4.69, 9.17) is 4.74 Å². The van der Waals surface area contributed by atoms with Crippen molar-refractivity contribution in [3.63, 3.8) is 0 Å². The minimum Gasteiger partial charge on any atom is -0.480 e. The number of amides is 2. The number of ether oxygens (including phenoxy) is 1. The van der Waals surface area contributed by atoms with E-state index in [2.05, 4.69) is 22.1 Å². The van der Waals surface area contributed by atoms with Crippen molar-refractivity contribution >= 4 is 17.6 Å². The van der Waals surface area contributed by atoms with Gasteiger partial charge in [0, 0.05) is 19.8 Å². The van der Waals surface area contributed by atoms with Gasteiger partial charge in [-0.2, -0.15) is 0 Å². The minimum absolute atomic E-state index is 0.0926. The van der Waals surface area contributed by atoms with Crippen molar-refractivity contribution in [2.45, 2.75) is 26.4 Å². The number of rotatable bonds is 6. The number of aryl methyl sites for hydroxylation is 1. The Balaban J connectivity index is 1.69. The summed E-state index contributed by atoms with van der Waals surface area (Å²) in [4.78, 5) is 31.7. The van der Waals surface area contributed by atoms with Gasteiger partial charge in [-0.3, -0.25) is 14.5 Å². The predicted octanol–water partition coefficient (Wildman–Crippen LogP) is 0.467. The Hall–Kier alpha value is -2.97. The molecule has 1 aliphatic heterocycles. The standard InChI is InChI=1S/C16H20N6O3/c1-3-7-21-11-18-19-13(21)8-20(2)14(23)9-22-15(24)10-25-12-5-4-6-17-16(12)22/h4-6,11H,3,7-10H2,1-2H3. The third-order valence-electron chi connectivity index (χ3n) is 3.92. The van der Waals surface area contributed by atoms with Crippen LogP contribution in [0.3, 0.4) is 0 Å². The van der Waals surface area contributed by atoms with Crippen molar-refractivity contribution in [2.24, 2.45) is 0 Å². The van der Waals surface area contributed by atoms with Gasteiger partial charge in [0.15, 0.2) is 24.0 Å². The third-order valence-corrected chi connectivity index (χ3v) is 3.92. The Bertz CT molecular complexity index is 775. The van der Waals surface area contributed by atoms with Crippen molar-refractivity contribution < 1.29 is 14.3 Å². The predicted molar refractivity (Wildman–Crippen MR) is 88.9 cm³/mol. The molecule has 0 aromatic carbocycles. The first-order chi connectivity index (χ1) is 12.1. The highest BCUT2D eigenvalue weighted by molar-refractivity contribution is 6.01. The number of nitrogens with zero attached hydrogens (tertiary/aromatic N) is 6. The summed E-state index contributed by atoms with van der Waals surface area (Å²) in [6.07, 6.45) is 4.17. The number of carbonyl (C=O) groups is 2. The summed E-state index contributed by atoms with van der Waals surface area (Å²) in [5, 5.41) is 7.96. The van der Waals surface area contributed by atoms with Crippen molar-refractivity contribution in [3.8, 4) is 5.75 Å². The maximum Gasteiger partial charge on any atom is 0.266 e. The van der Waals surface area contributed by atoms with Crippen LogP contribution in [-0.2, 0) is 22.7 Å². The van der Waals surface area contributed by atoms with E-state index in [0.29, 0.717) is 23.9 Å². The molecule has 2 aromatic rings. The first kappa shape index (κ1) is 16.9. The molecule has 3 heterocycles. The molecule has 25 heavy (non-hydrogen) atoms. The molecular formula is C16H20N6O3. The number of fused-ring (bicyclic) bond motifs is 1. The summed E-state index contributed by atoms with van der Waals surface area (Å²) in [6, 6.07) is 3.45. The molecule has 2 amide bonds. The summed E-state index contributed by atoms with van der Waals surface area (Å²) in [5.41, 5.74) is 0. The molecule has 0 N–H and O–H groups in total. The summed E-state index contributed by atoms with van der Waals surface area (Å²) < 4.78 is 7.25. The first-order valence-electron chi connectivity index (χ1n) is 8.09. The maximum atomic E-state index is 12.6. The normalized spacial score (nSPS) is 13.4. The molecule has 9 heteroatoms. The molecule has 0 bridgehead atoms. The molecule has 0 atom stereocenters. The third kappa shape index (κ3) is 3.59. The molecule has 0 fully saturated rings. The molecule has 0 aliphatic carbocycles. The van der Waals surface area contributed by atoms with Gasteiger partial charge in [-0.15, -0.1) is 10.2 Å². The lowest BCUT2D eigenvalue weighted by Gasteiger charge is -2.29. The second kappa shape index (κ2) is 7.29. The maximum absolute atomic E-state index is 12.6. The lowest BCUT2D eigenvalue weighted by molar-refractivity contribution is -0.131. The Morgan fingerprint density at radius 2 is 2.28 bits per heavy atom. The van der Waals surface area contributed by atoms with Crippen LogP contribution in [0.15, 0.2) is 24.7 Å². The smallest absolute Gasteiger partial charge is 0.266 e. The number of aromatic nitrogens is 4. The highest BCUT2D eigenvalue weighted by Crippen LogP contribution is 2.28. The van der Waals surface area contributed by atoms with Crippen molar-refractivity contribution in [1.82, 2.24) is 24.6 Å². The van der Waals surface area contributed by atoms with Gasteiger partial charge in [-0.25, -0.2) is 4.98 Å². The number of likely N-dealkylation sites (N-methyl/N-ethyl adjacent to an activating group) is 1. The summed E-state index contributed by atoms with van der Waals surface area (Å²) in [5.74, 6) is 1.08. The van der Waals surface area contributed by atoms with Crippen LogP contribution in [0.1, 0.15) is 19.2 Å². The van der Waals surface area contributed by atoms with Crippen LogP contribution in [0, 0.1) is 0 Å². The molecule has 0 spiro atoms. The number of carbonyl (C=O) groups excluding carboxylic acids is 2. The highest BCUT2D eigenvalue weighted by Gasteiger charge is 2.29. The lowest BCUT2D eigenvalue weighted by Crippen LogP contribution is -2.46. The SMILES string of the molecule is CCCn1cnnc1CN(C)C(=O)CN1C(=O)COc2cccnc21. The van der Waals surface area contributed by atoms with E-state index in [0.717, 1.165) is 13.0 Å². The van der Waals surface area contributed by atoms with Gasteiger partial charge in [-0.1, -0.05) is 6.92 Å². The fourth-order valence-corrected chi connectivity index (χ4v) is 2.58. The van der Waals surface area contributed by atoms with Crippen LogP contribution in [-0.4, -0.2) is 56.7 Å². The molecule has 2 aromatic heterocycles. The Morgan fingerprint density at radius 1 is 1.44 bits per heavy atom. The van der Waals surface area contributed by atoms with Gasteiger partial charge in [0.05, 0.1) is 6.54 Å². The zero-order valence-corrected chi connectivity index (χ0v) is 14.3. The zero-order valence-electron chi connectivity index (χ0n) is 14.3. The molecule has 0 saturated carbocycles. The van der Waals surface area contributed by atoms with Crippen molar-refractivity contribution in [1.29, 1.82) is 0 Å². The van der Waals surface area contributed by atoms with E-state index < -0.39 is 0 Å². The van der Waals surface area contributed by atoms with Gasteiger partial charge in [-0.05, 0) is 18.6 Å². The van der Waals surface area contributed by atoms with Crippen LogP contribution in [0.25, 0.3) is 0 Å². The van der Waals surface area contributed by atoms with Crippen LogP contribution in [0.2, 0.25) is 0 Å². The summed E-state index contributed by atoms with van der Waals surface area (Å²) in [6.45, 7) is 2.99. The summed E-state index contributed by atoms with van der Waals surface area (Å²) in [7, 11) is 1.68. The van der Waals surface area contributed by atoms with Crippen LogP contribution < -0.4 is 9.64 Å². The molecule has 0 saturated heterocycles. The lowest BCUT2D eigenvalue weighted by atomic mass is 10.3. The van der Waals surface area contributed by atoms with Gasteiger partial charge in [0.2, 0.25) is 5.91 Å². The second-order valence-electron chi connectivity index (χ2n) is 5.78. The van der Waals surface area contributed by atoms with Crippen molar-refractivity contribution in [2.75, 3.05) is 25.1 Å². The number of pyridine rings is 1. The second-order valence-corrected chi connectivity index (χ2v) is 5.78. The van der Waals surface area contributed by atoms with E-state index >= 15 is 0 Å². The number of anilines is 1. The molecule has 1 aliphatic rings. The largest absolute Gasteiger partial charge is 0.480 e. The topological polar surface area (TPSA) is 93.5 Å². The van der Waals surface area contributed by atoms with E-state index in [9.17, 15) is 9.59 Å². The van der Waals surface area contributed by atoms with E-state index in [1.54, 1.807) is 31.7 Å². The average Bonchev–Trinajstić information content (AvgIpc) is 3.04. The molecule has 132 valence electrons. The molecule has 3 rings (SSSR count). The monoisotopic (exact) mass is 344 g/mol. The Labute approximate surface area is 145 Å². The van der Waals surface area contributed by atoms with E-state index in [-0.39, 0.29) is 25.0 Å². The van der Waals surface area contributed by atoms with E-state index in [1.807, 2.05) is 4.57 Å². The quantitative estimate of drug-likeness (QED) is 0.756. The van der Waals surface area contributed by atoms with Gasteiger partial charge in [0.25, 0.3) is 5.91 Å². The van der Waals surface area contributed by atoms with Gasteiger partial charge < -0.3 is 14.2 Å². The van der Waals surface area contributed by atoms with Crippen molar-refractivity contribution in [3.05, 3.63) is 30.5 Å². The van der Waals surface area contributed by atoms with Gasteiger partial charge in [0.1, 0.15) is 12.9 Å². The van der Waals surface area contributed by atoms with Crippen LogP contribution in [0.5, 0.6) is 5.75 Å². The average molecular weight is 344 g/mol. The minimum atomic E-state index is -0.290. The van der Waals surface area contributed by atoms with Crippen LogP contribution >= 0.6 is 0 Å². The number of hydrogen-bond acceptors (Lipinski definition) is 6. The van der Waals surface area contributed by atoms with Gasteiger partial charge >= 0.3 is 0 Å². The first-order valence-corrected chi connectivity index (χ1v) is 8.09.